The van der Waals surface area contributed by atoms with E-state index < -0.39 is 6.10 Å². The highest BCUT2D eigenvalue weighted by Crippen LogP contribution is 2.25. The van der Waals surface area contributed by atoms with Gasteiger partial charge in [-0.1, -0.05) is 6.92 Å². The second-order valence-corrected chi connectivity index (χ2v) is 6.02. The Bertz CT molecular complexity index is 417. The maximum absolute atomic E-state index is 10.5. The fraction of sp³-hybridized carbons (Fsp3) is 0.688. The molecule has 20 heavy (non-hydrogen) atoms. The molecule has 2 rings (SSSR count). The third kappa shape index (κ3) is 4.18. The van der Waals surface area contributed by atoms with Crippen LogP contribution in [0.25, 0.3) is 0 Å². The lowest BCUT2D eigenvalue weighted by molar-refractivity contribution is 0.0940. The summed E-state index contributed by atoms with van der Waals surface area (Å²) in [5.74, 6) is 0.798. The number of aliphatic hydroxyl groups is 1. The third-order valence-corrected chi connectivity index (χ3v) is 3.74. The van der Waals surface area contributed by atoms with E-state index in [-0.39, 0.29) is 12.0 Å². The van der Waals surface area contributed by atoms with Crippen LogP contribution in [0, 0.1) is 5.92 Å². The minimum atomic E-state index is -0.465. The van der Waals surface area contributed by atoms with Gasteiger partial charge in [-0.3, -0.25) is 0 Å². The van der Waals surface area contributed by atoms with E-state index in [9.17, 15) is 5.11 Å². The highest BCUT2D eigenvalue weighted by atomic mass is 16.5. The number of hydrogen-bond donors (Lipinski definition) is 1. The van der Waals surface area contributed by atoms with Gasteiger partial charge in [-0.25, -0.2) is 4.98 Å². The van der Waals surface area contributed by atoms with Gasteiger partial charge in [-0.2, -0.15) is 0 Å². The summed E-state index contributed by atoms with van der Waals surface area (Å²) in [6.07, 6.45) is 3.90. The molecule has 0 aliphatic carbocycles. The van der Waals surface area contributed by atoms with Crippen molar-refractivity contribution < 1.29 is 9.84 Å². The normalized spacial score (nSPS) is 19.2. The Hall–Kier alpha value is -1.13. The molecule has 112 valence electrons. The number of likely N-dealkylation sites (tertiary alicyclic amines) is 1. The molecule has 1 aromatic rings. The van der Waals surface area contributed by atoms with Crippen molar-refractivity contribution in [2.24, 2.45) is 5.92 Å². The molecule has 0 bridgehead atoms. The summed E-state index contributed by atoms with van der Waals surface area (Å²) < 4.78 is 5.59. The molecule has 1 aliphatic heterocycles. The van der Waals surface area contributed by atoms with Crippen LogP contribution in [-0.2, 0) is 0 Å². The number of pyridine rings is 1. The lowest BCUT2D eigenvalue weighted by atomic mass is 9.97. The largest absolute Gasteiger partial charge is 0.475 e. The number of hydrogen-bond acceptors (Lipinski definition) is 4. The van der Waals surface area contributed by atoms with Crippen LogP contribution in [0.4, 0.5) is 0 Å². The molecule has 1 aromatic heterocycles. The average Bonchev–Trinajstić information content (AvgIpc) is 2.90. The number of aliphatic hydroxyl groups excluding tert-OH is 1. The van der Waals surface area contributed by atoms with Crippen molar-refractivity contribution in [1.29, 1.82) is 0 Å². The first-order valence-corrected chi connectivity index (χ1v) is 7.59. The molecule has 2 heterocycles. The molecule has 0 aromatic carbocycles. The SMILES string of the molecule is CC(C)Oc1cc(C(O)[C@H](C)CN2CCCC2)ccn1. The second kappa shape index (κ2) is 7.04. The van der Waals surface area contributed by atoms with Gasteiger partial charge >= 0.3 is 0 Å². The van der Waals surface area contributed by atoms with Crippen molar-refractivity contribution in [2.75, 3.05) is 19.6 Å². The Kier molecular flexibility index (Phi) is 5.38. The molecule has 1 fully saturated rings. The molecule has 1 saturated heterocycles. The van der Waals surface area contributed by atoms with Crippen molar-refractivity contribution in [1.82, 2.24) is 9.88 Å². The van der Waals surface area contributed by atoms with E-state index in [0.717, 1.165) is 25.2 Å². The van der Waals surface area contributed by atoms with E-state index in [1.165, 1.54) is 12.8 Å². The van der Waals surface area contributed by atoms with Crippen LogP contribution in [-0.4, -0.2) is 40.7 Å². The van der Waals surface area contributed by atoms with E-state index in [0.29, 0.717) is 5.88 Å². The van der Waals surface area contributed by atoms with Gasteiger partial charge in [0.1, 0.15) is 0 Å². The molecule has 0 saturated carbocycles. The summed E-state index contributed by atoms with van der Waals surface area (Å²) >= 11 is 0. The second-order valence-electron chi connectivity index (χ2n) is 6.02. The first-order valence-electron chi connectivity index (χ1n) is 7.59. The molecular weight excluding hydrogens is 252 g/mol. The molecule has 0 spiro atoms. The monoisotopic (exact) mass is 278 g/mol. The van der Waals surface area contributed by atoms with Gasteiger partial charge in [0.05, 0.1) is 12.2 Å². The average molecular weight is 278 g/mol. The maximum atomic E-state index is 10.5. The summed E-state index contributed by atoms with van der Waals surface area (Å²) in [5, 5.41) is 10.5. The van der Waals surface area contributed by atoms with E-state index >= 15 is 0 Å². The van der Waals surface area contributed by atoms with E-state index in [1.807, 2.05) is 26.0 Å². The van der Waals surface area contributed by atoms with E-state index in [2.05, 4.69) is 16.8 Å². The Morgan fingerprint density at radius 2 is 2.00 bits per heavy atom. The van der Waals surface area contributed by atoms with Crippen LogP contribution in [0.2, 0.25) is 0 Å². The van der Waals surface area contributed by atoms with Gasteiger partial charge in [0.2, 0.25) is 5.88 Å². The predicted octanol–water partition coefficient (Wildman–Crippen LogP) is 2.63. The van der Waals surface area contributed by atoms with Gasteiger partial charge in [-0.05, 0) is 57.3 Å². The zero-order valence-corrected chi connectivity index (χ0v) is 12.7. The van der Waals surface area contributed by atoms with Crippen LogP contribution in [0.5, 0.6) is 5.88 Å². The molecule has 4 nitrogen and oxygen atoms in total. The highest BCUT2D eigenvalue weighted by Gasteiger charge is 2.21. The highest BCUT2D eigenvalue weighted by molar-refractivity contribution is 5.23. The smallest absolute Gasteiger partial charge is 0.213 e. The fourth-order valence-electron chi connectivity index (χ4n) is 2.72. The van der Waals surface area contributed by atoms with Crippen LogP contribution in [0.3, 0.4) is 0 Å². The van der Waals surface area contributed by atoms with Crippen molar-refractivity contribution in [3.63, 3.8) is 0 Å². The minimum Gasteiger partial charge on any atom is -0.475 e. The maximum Gasteiger partial charge on any atom is 0.213 e. The number of aromatic nitrogens is 1. The van der Waals surface area contributed by atoms with Crippen LogP contribution < -0.4 is 4.74 Å². The number of ether oxygens (including phenoxy) is 1. The summed E-state index contributed by atoms with van der Waals surface area (Å²) in [7, 11) is 0. The lowest BCUT2D eigenvalue weighted by Gasteiger charge is -2.24. The quantitative estimate of drug-likeness (QED) is 0.869. The van der Waals surface area contributed by atoms with Crippen molar-refractivity contribution in [3.05, 3.63) is 23.9 Å². The van der Waals surface area contributed by atoms with Gasteiger partial charge in [-0.15, -0.1) is 0 Å². The summed E-state index contributed by atoms with van der Waals surface area (Å²) in [6.45, 7) is 9.32. The van der Waals surface area contributed by atoms with Gasteiger partial charge in [0, 0.05) is 18.8 Å². The van der Waals surface area contributed by atoms with Crippen LogP contribution in [0.1, 0.15) is 45.3 Å². The lowest BCUT2D eigenvalue weighted by Crippen LogP contribution is -2.28. The number of rotatable bonds is 6. The van der Waals surface area contributed by atoms with Gasteiger partial charge in [0.15, 0.2) is 0 Å². The topological polar surface area (TPSA) is 45.6 Å². The molecule has 1 N–H and O–H groups in total. The van der Waals surface area contributed by atoms with E-state index in [1.54, 1.807) is 6.20 Å². The minimum absolute atomic E-state index is 0.0944. The first-order chi connectivity index (χ1) is 9.56. The molecule has 2 atom stereocenters. The Balaban J connectivity index is 1.97. The van der Waals surface area contributed by atoms with Gasteiger partial charge < -0.3 is 14.7 Å². The molecule has 0 amide bonds. The Labute approximate surface area is 121 Å². The summed E-state index contributed by atoms with van der Waals surface area (Å²) in [6, 6.07) is 3.73. The van der Waals surface area contributed by atoms with Gasteiger partial charge in [0.25, 0.3) is 0 Å². The number of nitrogens with zero attached hydrogens (tertiary/aromatic N) is 2. The predicted molar refractivity (Wildman–Crippen MR) is 79.8 cm³/mol. The van der Waals surface area contributed by atoms with E-state index in [4.69, 9.17) is 4.74 Å². The Morgan fingerprint density at radius 1 is 1.30 bits per heavy atom. The van der Waals surface area contributed by atoms with Crippen molar-refractivity contribution in [2.45, 2.75) is 45.8 Å². The third-order valence-electron chi connectivity index (χ3n) is 3.74. The molecule has 1 unspecified atom stereocenters. The van der Waals surface area contributed by atoms with Crippen LogP contribution >= 0.6 is 0 Å². The molecule has 4 heteroatoms. The molecule has 1 aliphatic rings. The summed E-state index contributed by atoms with van der Waals surface area (Å²) in [5.41, 5.74) is 0.891. The molecular formula is C16H26N2O2. The first kappa shape index (κ1) is 15.3. The summed E-state index contributed by atoms with van der Waals surface area (Å²) in [4.78, 5) is 6.61. The zero-order valence-electron chi connectivity index (χ0n) is 12.7. The Morgan fingerprint density at radius 3 is 2.65 bits per heavy atom. The van der Waals surface area contributed by atoms with Crippen molar-refractivity contribution in [3.8, 4) is 5.88 Å². The zero-order chi connectivity index (χ0) is 14.5. The standard InChI is InChI=1S/C16H26N2O2/c1-12(2)20-15-10-14(6-7-17-15)16(19)13(3)11-18-8-4-5-9-18/h6-7,10,12-13,16,19H,4-5,8-9,11H2,1-3H3/t13-,16?/m1/s1. The van der Waals surface area contributed by atoms with Crippen molar-refractivity contribution >= 4 is 0 Å². The molecule has 0 radical (unpaired) electrons. The fourth-order valence-corrected chi connectivity index (χ4v) is 2.72. The van der Waals surface area contributed by atoms with Crippen LogP contribution in [0.15, 0.2) is 18.3 Å².